The SMILES string of the molecule is CCc1cn(-c2c(F)c(F)c(C(=O)O)c(F)c2F)nn1. The summed E-state index contributed by atoms with van der Waals surface area (Å²) in [4.78, 5) is 10.6. The highest BCUT2D eigenvalue weighted by Gasteiger charge is 2.30. The molecule has 0 bridgehead atoms. The number of rotatable bonds is 3. The molecule has 0 saturated heterocycles. The van der Waals surface area contributed by atoms with E-state index >= 15 is 0 Å². The fraction of sp³-hybridized carbons (Fsp3) is 0.182. The van der Waals surface area contributed by atoms with Crippen LogP contribution in [0.2, 0.25) is 0 Å². The minimum Gasteiger partial charge on any atom is -0.477 e. The molecular formula is C11H7F4N3O2. The van der Waals surface area contributed by atoms with Gasteiger partial charge in [-0.25, -0.2) is 27.0 Å². The Labute approximate surface area is 109 Å². The van der Waals surface area contributed by atoms with Gasteiger partial charge in [-0.2, -0.15) is 0 Å². The number of carbonyl (C=O) groups is 1. The van der Waals surface area contributed by atoms with E-state index < -0.39 is 40.5 Å². The molecule has 2 rings (SSSR count). The van der Waals surface area contributed by atoms with E-state index in [1.807, 2.05) is 0 Å². The summed E-state index contributed by atoms with van der Waals surface area (Å²) in [6, 6.07) is 0. The van der Waals surface area contributed by atoms with Crippen molar-refractivity contribution in [1.29, 1.82) is 0 Å². The molecule has 0 amide bonds. The Morgan fingerprint density at radius 3 is 2.15 bits per heavy atom. The van der Waals surface area contributed by atoms with Crippen LogP contribution in [-0.4, -0.2) is 26.1 Å². The van der Waals surface area contributed by atoms with Gasteiger partial charge in [-0.05, 0) is 6.42 Å². The third kappa shape index (κ3) is 2.00. The highest BCUT2D eigenvalue weighted by molar-refractivity contribution is 5.88. The molecule has 1 heterocycles. The fourth-order valence-corrected chi connectivity index (χ4v) is 1.58. The van der Waals surface area contributed by atoms with Gasteiger partial charge in [0, 0.05) is 0 Å². The zero-order valence-electron chi connectivity index (χ0n) is 9.99. The molecule has 0 unspecified atom stereocenters. The lowest BCUT2D eigenvalue weighted by atomic mass is 10.1. The maximum Gasteiger partial charge on any atom is 0.341 e. The molecule has 1 aromatic heterocycles. The van der Waals surface area contributed by atoms with Gasteiger partial charge in [-0.15, -0.1) is 5.10 Å². The molecule has 0 fully saturated rings. The van der Waals surface area contributed by atoms with Crippen molar-refractivity contribution in [3.8, 4) is 5.69 Å². The topological polar surface area (TPSA) is 68.0 Å². The van der Waals surface area contributed by atoms with E-state index in [9.17, 15) is 22.4 Å². The molecule has 5 nitrogen and oxygen atoms in total. The number of hydrogen-bond acceptors (Lipinski definition) is 3. The number of hydrogen-bond donors (Lipinski definition) is 1. The summed E-state index contributed by atoms with van der Waals surface area (Å²) < 4.78 is 55.0. The number of aromatic nitrogens is 3. The molecule has 0 aliphatic heterocycles. The first-order chi connectivity index (χ1) is 9.38. The van der Waals surface area contributed by atoms with E-state index in [1.165, 1.54) is 0 Å². The lowest BCUT2D eigenvalue weighted by molar-refractivity contribution is 0.0683. The standard InChI is InChI=1S/C11H7F4N3O2/c1-2-4-3-18(17-16-4)10-8(14)6(12)5(11(19)20)7(13)9(10)15/h3H,2H2,1H3,(H,19,20). The molecule has 106 valence electrons. The van der Waals surface area contributed by atoms with Crippen LogP contribution < -0.4 is 0 Å². The van der Waals surface area contributed by atoms with Crippen LogP contribution in [0.5, 0.6) is 0 Å². The quantitative estimate of drug-likeness (QED) is 0.694. The lowest BCUT2D eigenvalue weighted by Crippen LogP contribution is -2.14. The van der Waals surface area contributed by atoms with Gasteiger partial charge in [-0.1, -0.05) is 12.1 Å². The van der Waals surface area contributed by atoms with Gasteiger partial charge < -0.3 is 5.11 Å². The van der Waals surface area contributed by atoms with Gasteiger partial charge >= 0.3 is 5.97 Å². The highest BCUT2D eigenvalue weighted by atomic mass is 19.2. The van der Waals surface area contributed by atoms with E-state index in [1.54, 1.807) is 6.92 Å². The van der Waals surface area contributed by atoms with Crippen LogP contribution in [0.25, 0.3) is 5.69 Å². The van der Waals surface area contributed by atoms with Gasteiger partial charge in [-0.3, -0.25) is 0 Å². The minimum absolute atomic E-state index is 0.340. The Hall–Kier alpha value is -2.45. The molecule has 2 aromatic rings. The first kappa shape index (κ1) is 14.0. The number of nitrogens with zero attached hydrogens (tertiary/aromatic N) is 3. The number of halogens is 4. The highest BCUT2D eigenvalue weighted by Crippen LogP contribution is 2.26. The van der Waals surface area contributed by atoms with E-state index in [0.717, 1.165) is 6.20 Å². The molecular weight excluding hydrogens is 282 g/mol. The van der Waals surface area contributed by atoms with Gasteiger partial charge in [0.1, 0.15) is 11.3 Å². The summed E-state index contributed by atoms with van der Waals surface area (Å²) in [7, 11) is 0. The Kier molecular flexibility index (Phi) is 3.43. The van der Waals surface area contributed by atoms with Gasteiger partial charge in [0.05, 0.1) is 11.9 Å². The molecule has 20 heavy (non-hydrogen) atoms. The summed E-state index contributed by atoms with van der Waals surface area (Å²) in [5.74, 6) is -9.82. The molecule has 1 aromatic carbocycles. The van der Waals surface area contributed by atoms with E-state index in [2.05, 4.69) is 10.3 Å². The molecule has 0 saturated carbocycles. The molecule has 0 aliphatic carbocycles. The van der Waals surface area contributed by atoms with Crippen molar-refractivity contribution in [3.05, 3.63) is 40.7 Å². The number of benzene rings is 1. The molecule has 0 atom stereocenters. The Balaban J connectivity index is 2.75. The van der Waals surface area contributed by atoms with E-state index in [-0.39, 0.29) is 0 Å². The maximum atomic E-state index is 13.7. The van der Waals surface area contributed by atoms with Crippen LogP contribution in [-0.2, 0) is 6.42 Å². The summed E-state index contributed by atoms with van der Waals surface area (Å²) >= 11 is 0. The van der Waals surface area contributed by atoms with Crippen LogP contribution in [0.1, 0.15) is 23.0 Å². The Morgan fingerprint density at radius 1 is 1.20 bits per heavy atom. The van der Waals surface area contributed by atoms with Crippen molar-refractivity contribution in [2.24, 2.45) is 0 Å². The molecule has 9 heteroatoms. The lowest BCUT2D eigenvalue weighted by Gasteiger charge is -2.08. The van der Waals surface area contributed by atoms with E-state index in [4.69, 9.17) is 5.11 Å². The predicted octanol–water partition coefficient (Wildman–Crippen LogP) is 2.08. The van der Waals surface area contributed by atoms with Crippen molar-refractivity contribution in [2.45, 2.75) is 13.3 Å². The Bertz CT molecular complexity index is 670. The van der Waals surface area contributed by atoms with Gasteiger partial charge in [0.15, 0.2) is 23.3 Å². The first-order valence-corrected chi connectivity index (χ1v) is 5.39. The van der Waals surface area contributed by atoms with E-state index in [0.29, 0.717) is 16.8 Å². The monoisotopic (exact) mass is 289 g/mol. The van der Waals surface area contributed by atoms with Crippen molar-refractivity contribution in [2.75, 3.05) is 0 Å². The Morgan fingerprint density at radius 2 is 1.75 bits per heavy atom. The molecule has 0 spiro atoms. The second-order valence-corrected chi connectivity index (χ2v) is 3.79. The normalized spacial score (nSPS) is 10.8. The smallest absolute Gasteiger partial charge is 0.341 e. The molecule has 1 N–H and O–H groups in total. The second-order valence-electron chi connectivity index (χ2n) is 3.79. The first-order valence-electron chi connectivity index (χ1n) is 5.39. The number of aromatic carboxylic acids is 1. The summed E-state index contributed by atoms with van der Waals surface area (Å²) in [5.41, 5.74) is -2.51. The fourth-order valence-electron chi connectivity index (χ4n) is 1.58. The van der Waals surface area contributed by atoms with Crippen LogP contribution in [0.4, 0.5) is 17.6 Å². The number of carboxylic acids is 1. The third-order valence-electron chi connectivity index (χ3n) is 2.59. The zero-order chi connectivity index (χ0) is 15.0. The van der Waals surface area contributed by atoms with Crippen LogP contribution in [0, 0.1) is 23.3 Å². The van der Waals surface area contributed by atoms with Crippen molar-refractivity contribution in [3.63, 3.8) is 0 Å². The maximum absolute atomic E-state index is 13.7. The van der Waals surface area contributed by atoms with Crippen LogP contribution >= 0.6 is 0 Å². The van der Waals surface area contributed by atoms with Crippen molar-refractivity contribution < 1.29 is 27.5 Å². The summed E-state index contributed by atoms with van der Waals surface area (Å²) in [6.07, 6.45) is 1.47. The van der Waals surface area contributed by atoms with Gasteiger partial charge in [0.25, 0.3) is 0 Å². The average Bonchev–Trinajstić information content (AvgIpc) is 2.85. The molecule has 0 aliphatic rings. The predicted molar refractivity (Wildman–Crippen MR) is 57.5 cm³/mol. The van der Waals surface area contributed by atoms with Gasteiger partial charge in [0.2, 0.25) is 0 Å². The van der Waals surface area contributed by atoms with Crippen LogP contribution in [0.15, 0.2) is 6.20 Å². The zero-order valence-corrected chi connectivity index (χ0v) is 9.99. The second kappa shape index (κ2) is 4.91. The average molecular weight is 289 g/mol. The summed E-state index contributed by atoms with van der Waals surface area (Å²) in [6.45, 7) is 1.69. The summed E-state index contributed by atoms with van der Waals surface area (Å²) in [5, 5.41) is 15.4. The van der Waals surface area contributed by atoms with Crippen molar-refractivity contribution in [1.82, 2.24) is 15.0 Å². The number of aryl methyl sites for hydroxylation is 1. The minimum atomic E-state index is -2.11. The number of carboxylic acid groups (broad SMARTS) is 1. The van der Waals surface area contributed by atoms with Crippen LogP contribution in [0.3, 0.4) is 0 Å². The molecule has 0 radical (unpaired) electrons. The largest absolute Gasteiger partial charge is 0.477 e. The van der Waals surface area contributed by atoms with Crippen molar-refractivity contribution >= 4 is 5.97 Å². The third-order valence-corrected chi connectivity index (χ3v) is 2.59.